The molecule has 4 heteroatoms. The second-order valence-corrected chi connectivity index (χ2v) is 6.61. The molecular formula is C13H21NO2S. The zero-order chi connectivity index (χ0) is 13.2. The molecule has 0 spiro atoms. The third-order valence-corrected chi connectivity index (χ3v) is 4.69. The minimum Gasteiger partial charge on any atom is -0.208 e. The first-order valence-electron chi connectivity index (χ1n) is 5.83. The Hall–Kier alpha value is -0.870. The van der Waals surface area contributed by atoms with E-state index in [1.165, 1.54) is 0 Å². The fourth-order valence-corrected chi connectivity index (χ4v) is 2.81. The molecule has 1 rings (SSSR count). The number of sulfonamides is 1. The predicted molar refractivity (Wildman–Crippen MR) is 70.5 cm³/mol. The van der Waals surface area contributed by atoms with Gasteiger partial charge in [-0.1, -0.05) is 19.9 Å². The highest BCUT2D eigenvalue weighted by molar-refractivity contribution is 7.89. The molecule has 0 amide bonds. The van der Waals surface area contributed by atoms with E-state index in [1.807, 2.05) is 40.7 Å². The summed E-state index contributed by atoms with van der Waals surface area (Å²) in [5.41, 5.74) is 2.09. The SMILES string of the molecule is Cc1ccc(S(=O)(=O)NC(C)C(C)C)cc1C. The second-order valence-electron chi connectivity index (χ2n) is 4.90. The number of nitrogens with one attached hydrogen (secondary N) is 1. The van der Waals surface area contributed by atoms with Gasteiger partial charge in [-0.15, -0.1) is 0 Å². The first kappa shape index (κ1) is 14.2. The Morgan fingerprint density at radius 3 is 2.12 bits per heavy atom. The molecule has 0 aliphatic heterocycles. The van der Waals surface area contributed by atoms with Crippen molar-refractivity contribution >= 4 is 10.0 Å². The molecule has 1 atom stereocenters. The lowest BCUT2D eigenvalue weighted by molar-refractivity contribution is 0.476. The number of hydrogen-bond donors (Lipinski definition) is 1. The predicted octanol–water partition coefficient (Wildman–Crippen LogP) is 2.63. The third-order valence-electron chi connectivity index (χ3n) is 3.13. The van der Waals surface area contributed by atoms with E-state index < -0.39 is 10.0 Å². The molecule has 0 aromatic heterocycles. The zero-order valence-corrected chi connectivity index (χ0v) is 11.9. The quantitative estimate of drug-likeness (QED) is 0.899. The van der Waals surface area contributed by atoms with Crippen molar-refractivity contribution < 1.29 is 8.42 Å². The van der Waals surface area contributed by atoms with Crippen molar-refractivity contribution in [2.75, 3.05) is 0 Å². The molecule has 1 aromatic rings. The molecule has 0 bridgehead atoms. The fraction of sp³-hybridized carbons (Fsp3) is 0.538. The average molecular weight is 255 g/mol. The van der Waals surface area contributed by atoms with Gasteiger partial charge >= 0.3 is 0 Å². The largest absolute Gasteiger partial charge is 0.240 e. The molecule has 17 heavy (non-hydrogen) atoms. The standard InChI is InChI=1S/C13H21NO2S/c1-9(2)12(5)14-17(15,16)13-7-6-10(3)11(4)8-13/h6-9,12,14H,1-5H3. The molecule has 0 aliphatic carbocycles. The van der Waals surface area contributed by atoms with Gasteiger partial charge in [0.2, 0.25) is 10.0 Å². The molecular weight excluding hydrogens is 234 g/mol. The summed E-state index contributed by atoms with van der Waals surface area (Å²) in [5, 5.41) is 0. The van der Waals surface area contributed by atoms with Crippen LogP contribution < -0.4 is 4.72 Å². The van der Waals surface area contributed by atoms with Gasteiger partial charge in [-0.3, -0.25) is 0 Å². The van der Waals surface area contributed by atoms with Gasteiger partial charge < -0.3 is 0 Å². The first-order chi connectivity index (χ1) is 7.74. The minimum absolute atomic E-state index is 0.0680. The highest BCUT2D eigenvalue weighted by atomic mass is 32.2. The summed E-state index contributed by atoms with van der Waals surface area (Å²) in [5.74, 6) is 0.274. The van der Waals surface area contributed by atoms with E-state index in [1.54, 1.807) is 12.1 Å². The van der Waals surface area contributed by atoms with E-state index in [-0.39, 0.29) is 12.0 Å². The first-order valence-corrected chi connectivity index (χ1v) is 7.32. The number of aryl methyl sites for hydroxylation is 2. The second kappa shape index (κ2) is 5.19. The van der Waals surface area contributed by atoms with E-state index in [2.05, 4.69) is 4.72 Å². The van der Waals surface area contributed by atoms with E-state index in [4.69, 9.17) is 0 Å². The van der Waals surface area contributed by atoms with Crippen molar-refractivity contribution in [3.63, 3.8) is 0 Å². The number of benzene rings is 1. The lowest BCUT2D eigenvalue weighted by atomic mass is 10.1. The normalized spacial score (nSPS) is 14.0. The van der Waals surface area contributed by atoms with Crippen LogP contribution in [-0.4, -0.2) is 14.5 Å². The van der Waals surface area contributed by atoms with Crippen LogP contribution in [0.3, 0.4) is 0 Å². The maximum Gasteiger partial charge on any atom is 0.240 e. The van der Waals surface area contributed by atoms with Gasteiger partial charge in [0.1, 0.15) is 0 Å². The summed E-state index contributed by atoms with van der Waals surface area (Å²) < 4.78 is 26.9. The maximum absolute atomic E-state index is 12.1. The molecule has 0 saturated carbocycles. The van der Waals surface area contributed by atoms with E-state index in [9.17, 15) is 8.42 Å². The van der Waals surface area contributed by atoms with Crippen molar-refractivity contribution in [1.82, 2.24) is 4.72 Å². The van der Waals surface area contributed by atoms with Crippen LogP contribution in [0.25, 0.3) is 0 Å². The van der Waals surface area contributed by atoms with Gasteiger partial charge in [0.25, 0.3) is 0 Å². The Labute approximate surface area is 104 Å². The van der Waals surface area contributed by atoms with Crippen molar-refractivity contribution in [2.24, 2.45) is 5.92 Å². The zero-order valence-electron chi connectivity index (χ0n) is 11.1. The molecule has 3 nitrogen and oxygen atoms in total. The Bertz CT molecular complexity index is 492. The van der Waals surface area contributed by atoms with Crippen molar-refractivity contribution in [2.45, 2.75) is 45.6 Å². The Kier molecular flexibility index (Phi) is 4.33. The minimum atomic E-state index is -3.39. The molecule has 96 valence electrons. The van der Waals surface area contributed by atoms with Gasteiger partial charge in [-0.25, -0.2) is 13.1 Å². The molecule has 0 fully saturated rings. The van der Waals surface area contributed by atoms with Crippen LogP contribution in [0.2, 0.25) is 0 Å². The van der Waals surface area contributed by atoms with Crippen LogP contribution in [-0.2, 0) is 10.0 Å². The van der Waals surface area contributed by atoms with Gasteiger partial charge in [-0.2, -0.15) is 0 Å². The van der Waals surface area contributed by atoms with E-state index in [0.29, 0.717) is 4.90 Å². The lowest BCUT2D eigenvalue weighted by Gasteiger charge is -2.17. The van der Waals surface area contributed by atoms with Crippen molar-refractivity contribution in [3.05, 3.63) is 29.3 Å². The third kappa shape index (κ3) is 3.54. The Morgan fingerprint density at radius 2 is 1.65 bits per heavy atom. The van der Waals surface area contributed by atoms with Gasteiger partial charge in [0.05, 0.1) is 4.90 Å². The number of rotatable bonds is 4. The summed E-state index contributed by atoms with van der Waals surface area (Å²) in [6, 6.07) is 5.13. The molecule has 1 aromatic carbocycles. The van der Waals surface area contributed by atoms with Crippen molar-refractivity contribution in [1.29, 1.82) is 0 Å². The maximum atomic E-state index is 12.1. The number of hydrogen-bond acceptors (Lipinski definition) is 2. The highest BCUT2D eigenvalue weighted by Gasteiger charge is 2.19. The summed E-state index contributed by atoms with van der Waals surface area (Å²) >= 11 is 0. The molecule has 0 heterocycles. The summed E-state index contributed by atoms with van der Waals surface area (Å²) in [7, 11) is -3.39. The van der Waals surface area contributed by atoms with Crippen LogP contribution in [0.5, 0.6) is 0 Å². The van der Waals surface area contributed by atoms with Crippen LogP contribution in [0, 0.1) is 19.8 Å². The molecule has 1 N–H and O–H groups in total. The Balaban J connectivity index is 3.01. The van der Waals surface area contributed by atoms with Crippen LogP contribution in [0.4, 0.5) is 0 Å². The summed E-state index contributed by atoms with van der Waals surface area (Å²) in [4.78, 5) is 0.341. The van der Waals surface area contributed by atoms with Crippen LogP contribution >= 0.6 is 0 Å². The van der Waals surface area contributed by atoms with Gasteiger partial charge in [0.15, 0.2) is 0 Å². The lowest BCUT2D eigenvalue weighted by Crippen LogP contribution is -2.36. The highest BCUT2D eigenvalue weighted by Crippen LogP contribution is 2.15. The Morgan fingerprint density at radius 1 is 1.06 bits per heavy atom. The van der Waals surface area contributed by atoms with E-state index in [0.717, 1.165) is 11.1 Å². The van der Waals surface area contributed by atoms with Gasteiger partial charge in [0, 0.05) is 6.04 Å². The molecule has 0 aliphatic rings. The van der Waals surface area contributed by atoms with Crippen molar-refractivity contribution in [3.8, 4) is 0 Å². The molecule has 1 unspecified atom stereocenters. The summed E-state index contributed by atoms with van der Waals surface area (Å²) in [6.45, 7) is 9.75. The fourth-order valence-electron chi connectivity index (χ4n) is 1.33. The van der Waals surface area contributed by atoms with Crippen LogP contribution in [0.15, 0.2) is 23.1 Å². The smallest absolute Gasteiger partial charge is 0.208 e. The summed E-state index contributed by atoms with van der Waals surface area (Å²) in [6.07, 6.45) is 0. The van der Waals surface area contributed by atoms with Crippen LogP contribution in [0.1, 0.15) is 31.9 Å². The topological polar surface area (TPSA) is 46.2 Å². The monoisotopic (exact) mass is 255 g/mol. The molecule has 0 radical (unpaired) electrons. The van der Waals surface area contributed by atoms with Gasteiger partial charge in [-0.05, 0) is 49.9 Å². The molecule has 0 saturated heterocycles. The average Bonchev–Trinajstić information content (AvgIpc) is 2.21. The van der Waals surface area contributed by atoms with E-state index >= 15 is 0 Å².